The Morgan fingerprint density at radius 3 is 2.69 bits per heavy atom. The molecule has 1 N–H and O–H groups in total. The molecular weight excluding hydrogens is 390 g/mol. The number of amides is 1. The van der Waals surface area contributed by atoms with Crippen LogP contribution in [-0.4, -0.2) is 44.2 Å². The maximum atomic E-state index is 12.7. The van der Waals surface area contributed by atoms with Crippen molar-refractivity contribution >= 4 is 28.4 Å². The predicted octanol–water partition coefficient (Wildman–Crippen LogP) is 3.37. The summed E-state index contributed by atoms with van der Waals surface area (Å²) in [5, 5.41) is 12.0. The van der Waals surface area contributed by atoms with E-state index in [-0.39, 0.29) is 18.0 Å². The summed E-state index contributed by atoms with van der Waals surface area (Å²) in [6, 6.07) is 4.99. The number of nitrogens with zero attached hydrogens (tertiary/aromatic N) is 3. The number of aliphatic hydroxyl groups is 1. The zero-order valence-electron chi connectivity index (χ0n) is 16.6. The summed E-state index contributed by atoms with van der Waals surface area (Å²) in [6.07, 6.45) is 9.11. The summed E-state index contributed by atoms with van der Waals surface area (Å²) >= 11 is 5.97. The third-order valence-corrected chi connectivity index (χ3v) is 6.78. The van der Waals surface area contributed by atoms with Crippen LogP contribution in [0.5, 0.6) is 0 Å². The molecule has 4 rings (SSSR count). The Morgan fingerprint density at radius 1 is 1.24 bits per heavy atom. The molecule has 7 heteroatoms. The molecule has 0 atom stereocenters. The van der Waals surface area contributed by atoms with Gasteiger partial charge in [-0.05, 0) is 43.4 Å². The molecule has 1 amide bonds. The van der Waals surface area contributed by atoms with Crippen LogP contribution in [0.3, 0.4) is 0 Å². The minimum absolute atomic E-state index is 0.182. The molecule has 1 aliphatic heterocycles. The molecule has 0 bridgehead atoms. The number of carbonyl (C=O) groups is 1. The number of aromatic nitrogens is 2. The average Bonchev–Trinajstić information content (AvgIpc) is 3.22. The number of benzene rings is 1. The Hall–Kier alpha value is -1.92. The fourth-order valence-corrected chi connectivity index (χ4v) is 4.84. The predicted molar refractivity (Wildman–Crippen MR) is 113 cm³/mol. The number of hydrogen-bond acceptors (Lipinski definition) is 4. The highest BCUT2D eigenvalue weighted by molar-refractivity contribution is 6.31. The first kappa shape index (κ1) is 20.4. The van der Waals surface area contributed by atoms with Gasteiger partial charge in [0, 0.05) is 24.5 Å². The molecule has 6 nitrogen and oxygen atoms in total. The molecule has 0 radical (unpaired) electrons. The van der Waals surface area contributed by atoms with Gasteiger partial charge < -0.3 is 10.0 Å². The highest BCUT2D eigenvalue weighted by atomic mass is 35.5. The first-order chi connectivity index (χ1) is 13.9. The lowest BCUT2D eigenvalue weighted by molar-refractivity contribution is -0.136. The summed E-state index contributed by atoms with van der Waals surface area (Å²) in [5.74, 6) is 0.906. The number of piperidine rings is 1. The number of fused-ring (bicyclic) bond motifs is 1. The van der Waals surface area contributed by atoms with Gasteiger partial charge in [-0.1, -0.05) is 37.3 Å². The third-order valence-electron chi connectivity index (χ3n) is 6.54. The zero-order chi connectivity index (χ0) is 20.4. The summed E-state index contributed by atoms with van der Waals surface area (Å²) in [5.41, 5.74) is -0.642. The Morgan fingerprint density at radius 2 is 1.97 bits per heavy atom. The lowest BCUT2D eigenvalue weighted by Crippen LogP contribution is -2.49. The molecule has 2 heterocycles. The molecule has 1 aliphatic carbocycles. The second-order valence-corrected chi connectivity index (χ2v) is 9.07. The number of carbonyl (C=O) groups excluding carboxylic acids is 1. The largest absolute Gasteiger partial charge is 0.388 e. The van der Waals surface area contributed by atoms with E-state index in [1.54, 1.807) is 18.2 Å². The van der Waals surface area contributed by atoms with E-state index in [2.05, 4.69) is 4.98 Å². The van der Waals surface area contributed by atoms with E-state index in [1.807, 2.05) is 4.90 Å². The average molecular weight is 418 g/mol. The topological polar surface area (TPSA) is 75.4 Å². The molecule has 1 saturated heterocycles. The molecular formula is C22H28ClN3O3. The molecule has 1 aromatic heterocycles. The van der Waals surface area contributed by atoms with Gasteiger partial charge in [0.05, 0.1) is 29.4 Å². The van der Waals surface area contributed by atoms with Crippen LogP contribution in [0.4, 0.5) is 0 Å². The third kappa shape index (κ3) is 4.64. The summed E-state index contributed by atoms with van der Waals surface area (Å²) in [4.78, 5) is 31.4. The SMILES string of the molecule is O=C(CCC1CCCC1)N1CCC(O)(Cn2cnc3cc(Cl)ccc3c2=O)CC1. The maximum absolute atomic E-state index is 12.7. The Balaban J connectivity index is 1.36. The number of likely N-dealkylation sites (tertiary alicyclic amines) is 1. The van der Waals surface area contributed by atoms with Crippen LogP contribution in [-0.2, 0) is 11.3 Å². The van der Waals surface area contributed by atoms with E-state index >= 15 is 0 Å². The van der Waals surface area contributed by atoms with Crippen LogP contribution < -0.4 is 5.56 Å². The van der Waals surface area contributed by atoms with Crippen molar-refractivity contribution < 1.29 is 9.90 Å². The molecule has 1 aromatic carbocycles. The number of rotatable bonds is 5. The van der Waals surface area contributed by atoms with E-state index < -0.39 is 5.60 Å². The molecule has 1 saturated carbocycles. The Kier molecular flexibility index (Phi) is 5.93. The highest BCUT2D eigenvalue weighted by Gasteiger charge is 2.34. The lowest BCUT2D eigenvalue weighted by atomic mass is 9.90. The Labute approximate surface area is 175 Å². The summed E-state index contributed by atoms with van der Waals surface area (Å²) < 4.78 is 1.47. The first-order valence-corrected chi connectivity index (χ1v) is 11.0. The van der Waals surface area contributed by atoms with Gasteiger partial charge in [-0.3, -0.25) is 14.2 Å². The minimum atomic E-state index is -1.01. The van der Waals surface area contributed by atoms with Gasteiger partial charge in [-0.2, -0.15) is 0 Å². The van der Waals surface area contributed by atoms with E-state index in [1.165, 1.54) is 36.6 Å². The fraction of sp³-hybridized carbons (Fsp3) is 0.591. The van der Waals surface area contributed by atoms with Crippen LogP contribution in [0.1, 0.15) is 51.4 Å². The van der Waals surface area contributed by atoms with Crippen molar-refractivity contribution in [1.82, 2.24) is 14.5 Å². The van der Waals surface area contributed by atoms with Gasteiger partial charge in [-0.25, -0.2) is 4.98 Å². The van der Waals surface area contributed by atoms with Gasteiger partial charge in [-0.15, -0.1) is 0 Å². The molecule has 29 heavy (non-hydrogen) atoms. The van der Waals surface area contributed by atoms with Gasteiger partial charge in [0.25, 0.3) is 5.56 Å². The van der Waals surface area contributed by atoms with Crippen molar-refractivity contribution in [2.45, 2.75) is 63.5 Å². The molecule has 2 fully saturated rings. The van der Waals surface area contributed by atoms with Crippen molar-refractivity contribution in [3.8, 4) is 0 Å². The second-order valence-electron chi connectivity index (χ2n) is 8.63. The molecule has 2 aliphatic rings. The smallest absolute Gasteiger partial charge is 0.261 e. The first-order valence-electron chi connectivity index (χ1n) is 10.6. The summed E-state index contributed by atoms with van der Waals surface area (Å²) in [6.45, 7) is 1.25. The van der Waals surface area contributed by atoms with Crippen molar-refractivity contribution in [2.75, 3.05) is 13.1 Å². The molecule has 0 spiro atoms. The van der Waals surface area contributed by atoms with Crippen molar-refractivity contribution in [1.29, 1.82) is 0 Å². The number of halogens is 1. The van der Waals surface area contributed by atoms with E-state index in [4.69, 9.17) is 11.6 Å². The van der Waals surface area contributed by atoms with E-state index in [0.29, 0.717) is 54.2 Å². The normalized spacial score (nSPS) is 19.7. The molecule has 156 valence electrons. The van der Waals surface area contributed by atoms with Crippen LogP contribution in [0, 0.1) is 5.92 Å². The maximum Gasteiger partial charge on any atom is 0.261 e. The lowest BCUT2D eigenvalue weighted by Gasteiger charge is -2.38. The van der Waals surface area contributed by atoms with Crippen molar-refractivity contribution in [3.05, 3.63) is 39.9 Å². The standard InChI is InChI=1S/C22H28ClN3O3/c23-17-6-7-18-19(13-17)24-15-26(21(18)28)14-22(29)9-11-25(12-10-22)20(27)8-5-16-3-1-2-4-16/h6-7,13,15-16,29H,1-5,8-12,14H2. The van der Waals surface area contributed by atoms with Gasteiger partial charge in [0.2, 0.25) is 5.91 Å². The highest BCUT2D eigenvalue weighted by Crippen LogP contribution is 2.30. The van der Waals surface area contributed by atoms with Gasteiger partial charge in [0.15, 0.2) is 0 Å². The second kappa shape index (κ2) is 8.44. The van der Waals surface area contributed by atoms with Crippen LogP contribution in [0.25, 0.3) is 10.9 Å². The zero-order valence-corrected chi connectivity index (χ0v) is 17.4. The molecule has 0 unspecified atom stereocenters. The quantitative estimate of drug-likeness (QED) is 0.809. The van der Waals surface area contributed by atoms with Crippen LogP contribution in [0.2, 0.25) is 5.02 Å². The monoisotopic (exact) mass is 417 g/mol. The fourth-order valence-electron chi connectivity index (χ4n) is 4.68. The van der Waals surface area contributed by atoms with E-state index in [9.17, 15) is 14.7 Å². The van der Waals surface area contributed by atoms with Crippen molar-refractivity contribution in [3.63, 3.8) is 0 Å². The van der Waals surface area contributed by atoms with E-state index in [0.717, 1.165) is 6.42 Å². The molecule has 2 aromatic rings. The number of hydrogen-bond donors (Lipinski definition) is 1. The van der Waals surface area contributed by atoms with Crippen LogP contribution >= 0.6 is 11.6 Å². The van der Waals surface area contributed by atoms with Crippen molar-refractivity contribution in [2.24, 2.45) is 5.92 Å². The van der Waals surface area contributed by atoms with Gasteiger partial charge in [0.1, 0.15) is 0 Å². The van der Waals surface area contributed by atoms with Gasteiger partial charge >= 0.3 is 0 Å². The Bertz CT molecular complexity index is 944. The minimum Gasteiger partial charge on any atom is -0.388 e. The van der Waals surface area contributed by atoms with Crippen LogP contribution in [0.15, 0.2) is 29.3 Å². The summed E-state index contributed by atoms with van der Waals surface area (Å²) in [7, 11) is 0.